The average Bonchev–Trinajstić information content (AvgIpc) is 3.24. The summed E-state index contributed by atoms with van der Waals surface area (Å²) in [5, 5.41) is 19.8. The van der Waals surface area contributed by atoms with Crippen LogP contribution in [0.15, 0.2) is 18.5 Å². The number of fused-ring (bicyclic) bond motifs is 3. The molecule has 29 heavy (non-hydrogen) atoms. The highest BCUT2D eigenvalue weighted by atomic mass is 16.3. The number of H-pyrrole nitrogens is 1. The van der Waals surface area contributed by atoms with E-state index in [4.69, 9.17) is 10.8 Å². The summed E-state index contributed by atoms with van der Waals surface area (Å²) in [5.41, 5.74) is 6.22. The van der Waals surface area contributed by atoms with Crippen LogP contribution in [0.5, 0.6) is 0 Å². The largest absolute Gasteiger partial charge is 0.390 e. The summed E-state index contributed by atoms with van der Waals surface area (Å²) in [5.74, 6) is -0.386. The predicted molar refractivity (Wildman–Crippen MR) is 105 cm³/mol. The lowest BCUT2D eigenvalue weighted by molar-refractivity contribution is -0.148. The summed E-state index contributed by atoms with van der Waals surface area (Å²) in [7, 11) is 0. The van der Waals surface area contributed by atoms with E-state index in [1.165, 1.54) is 0 Å². The number of nitrogens with one attached hydrogen (secondary N) is 2. The number of pyridine rings is 1. The summed E-state index contributed by atoms with van der Waals surface area (Å²) >= 11 is 0. The van der Waals surface area contributed by atoms with Crippen LogP contribution in [0.4, 0.5) is 5.82 Å². The molecule has 7 rings (SSSR count). The van der Waals surface area contributed by atoms with Crippen LogP contribution in [-0.2, 0) is 9.59 Å². The zero-order valence-corrected chi connectivity index (χ0v) is 15.8. The first-order chi connectivity index (χ1) is 13.9. The summed E-state index contributed by atoms with van der Waals surface area (Å²) in [4.78, 5) is 30.8. The molecule has 4 aliphatic rings. The molecule has 4 saturated carbocycles. The molecule has 4 fully saturated rings. The zero-order valence-electron chi connectivity index (χ0n) is 15.8. The number of nitrogens with zero attached hydrogens (tertiary/aromatic N) is 3. The van der Waals surface area contributed by atoms with Gasteiger partial charge in [0, 0.05) is 17.8 Å². The van der Waals surface area contributed by atoms with Gasteiger partial charge in [0.15, 0.2) is 5.82 Å². The minimum atomic E-state index is -1.06. The molecular weight excluding hydrogens is 372 g/mol. The van der Waals surface area contributed by atoms with Gasteiger partial charge in [0.25, 0.3) is 0 Å². The third kappa shape index (κ3) is 2.37. The van der Waals surface area contributed by atoms with Crippen LogP contribution in [0.2, 0.25) is 0 Å². The lowest BCUT2D eigenvalue weighted by Gasteiger charge is -2.57. The van der Waals surface area contributed by atoms with Gasteiger partial charge < -0.3 is 21.1 Å². The molecule has 150 valence electrons. The predicted octanol–water partition coefficient (Wildman–Crippen LogP) is 1.45. The molecule has 3 aromatic heterocycles. The van der Waals surface area contributed by atoms with E-state index >= 15 is 0 Å². The Hall–Kier alpha value is -2.94. The Morgan fingerprint density at radius 2 is 2.00 bits per heavy atom. The van der Waals surface area contributed by atoms with Crippen LogP contribution in [0, 0.1) is 17.8 Å². The lowest BCUT2D eigenvalue weighted by Crippen LogP contribution is -2.55. The Morgan fingerprint density at radius 3 is 2.69 bits per heavy atom. The molecule has 3 heterocycles. The third-order valence-corrected chi connectivity index (χ3v) is 7.18. The summed E-state index contributed by atoms with van der Waals surface area (Å²) in [6.45, 7) is 0. The second-order valence-electron chi connectivity index (χ2n) is 9.06. The van der Waals surface area contributed by atoms with Crippen molar-refractivity contribution in [3.63, 3.8) is 0 Å². The minimum Gasteiger partial charge on any atom is -0.390 e. The van der Waals surface area contributed by atoms with E-state index in [9.17, 15) is 14.7 Å². The monoisotopic (exact) mass is 394 g/mol. The lowest BCUT2D eigenvalue weighted by atomic mass is 9.52. The zero-order chi connectivity index (χ0) is 19.9. The van der Waals surface area contributed by atoms with E-state index < -0.39 is 17.4 Å². The van der Waals surface area contributed by atoms with E-state index in [2.05, 4.69) is 15.3 Å². The van der Waals surface area contributed by atoms with Crippen LogP contribution in [0.3, 0.4) is 0 Å². The molecule has 2 amide bonds. The summed E-state index contributed by atoms with van der Waals surface area (Å²) < 4.78 is 2.01. The third-order valence-electron chi connectivity index (χ3n) is 7.18. The summed E-state index contributed by atoms with van der Waals surface area (Å²) in [6.07, 6.45) is 8.17. The van der Waals surface area contributed by atoms with Gasteiger partial charge in [-0.05, 0) is 55.9 Å². The molecule has 9 heteroatoms. The van der Waals surface area contributed by atoms with Crippen molar-refractivity contribution in [2.24, 2.45) is 23.5 Å². The number of carbonyl (C=O) groups is 2. The second kappa shape index (κ2) is 5.56. The van der Waals surface area contributed by atoms with Gasteiger partial charge in [0.1, 0.15) is 5.65 Å². The Labute approximate surface area is 165 Å². The maximum absolute atomic E-state index is 11.9. The highest BCUT2D eigenvalue weighted by Gasteiger charge is 2.55. The Kier molecular flexibility index (Phi) is 3.25. The van der Waals surface area contributed by atoms with E-state index in [1.54, 1.807) is 6.20 Å². The molecule has 9 nitrogen and oxygen atoms in total. The van der Waals surface area contributed by atoms with Gasteiger partial charge >= 0.3 is 11.8 Å². The first-order valence-electron chi connectivity index (χ1n) is 10.1. The molecule has 5 N–H and O–H groups in total. The Bertz CT molecular complexity index is 1160. The molecule has 0 radical (unpaired) electrons. The standard InChI is InChI=1S/C20H22N6O3/c21-16(27)19(28)24-18-13-8-23-17-12(1-2-22-17)15(13)26(25-18)14-10-3-9-4-11(14)7-20(29,5-9)6-10/h1-2,8-11,14,29H,3-7H2,(H2,21,27)(H,22,23)(H,24,25,28)/t9?,10-,11+,14-,20-. The van der Waals surface area contributed by atoms with Gasteiger partial charge in [0.05, 0.1) is 22.5 Å². The fourth-order valence-corrected chi connectivity index (χ4v) is 6.46. The van der Waals surface area contributed by atoms with Crippen molar-refractivity contribution in [3.8, 4) is 0 Å². The SMILES string of the molecule is NC(=O)C(=O)Nc1nn([C@@H]2[C@@H]3CC4C[C@H]2C[C@@](O)(C4)C3)c2c1cnc1[nH]ccc12. The van der Waals surface area contributed by atoms with Crippen molar-refractivity contribution >= 4 is 39.6 Å². The number of aliphatic hydroxyl groups is 1. The van der Waals surface area contributed by atoms with Crippen molar-refractivity contribution < 1.29 is 14.7 Å². The number of rotatable bonds is 2. The van der Waals surface area contributed by atoms with E-state index in [1.807, 2.05) is 16.9 Å². The number of aromatic amines is 1. The number of nitrogens with two attached hydrogens (primary N) is 1. The molecule has 0 spiro atoms. The van der Waals surface area contributed by atoms with Crippen molar-refractivity contribution in [3.05, 3.63) is 18.5 Å². The molecule has 0 saturated heterocycles. The number of primary amides is 1. The van der Waals surface area contributed by atoms with Gasteiger partial charge in [0.2, 0.25) is 0 Å². The van der Waals surface area contributed by atoms with Gasteiger partial charge in [-0.25, -0.2) is 4.98 Å². The minimum absolute atomic E-state index is 0.147. The molecule has 0 aromatic carbocycles. The van der Waals surface area contributed by atoms with Gasteiger partial charge in [-0.1, -0.05) is 0 Å². The van der Waals surface area contributed by atoms with Crippen molar-refractivity contribution in [1.29, 1.82) is 0 Å². The van der Waals surface area contributed by atoms with Gasteiger partial charge in [-0.3, -0.25) is 14.3 Å². The second-order valence-corrected chi connectivity index (χ2v) is 9.06. The smallest absolute Gasteiger partial charge is 0.314 e. The molecule has 4 aliphatic carbocycles. The van der Waals surface area contributed by atoms with Crippen LogP contribution in [-0.4, -0.2) is 42.3 Å². The Morgan fingerprint density at radius 1 is 1.24 bits per heavy atom. The van der Waals surface area contributed by atoms with Crippen LogP contribution in [0.1, 0.15) is 38.1 Å². The summed E-state index contributed by atoms with van der Waals surface area (Å²) in [6, 6.07) is 2.10. The maximum atomic E-state index is 11.9. The van der Waals surface area contributed by atoms with E-state index in [0.29, 0.717) is 29.0 Å². The first kappa shape index (κ1) is 17.0. The highest BCUT2D eigenvalue weighted by Crippen LogP contribution is 2.60. The average molecular weight is 394 g/mol. The topological polar surface area (TPSA) is 139 Å². The normalized spacial score (nSPS) is 32.9. The molecule has 1 unspecified atom stereocenters. The number of hydrogen-bond donors (Lipinski definition) is 4. The van der Waals surface area contributed by atoms with Crippen LogP contribution in [0.25, 0.3) is 21.9 Å². The van der Waals surface area contributed by atoms with Crippen LogP contribution >= 0.6 is 0 Å². The van der Waals surface area contributed by atoms with Crippen LogP contribution < -0.4 is 11.1 Å². The number of hydrogen-bond acceptors (Lipinski definition) is 5. The quantitative estimate of drug-likeness (QED) is 0.487. The fraction of sp³-hybridized carbons (Fsp3) is 0.500. The van der Waals surface area contributed by atoms with Gasteiger partial charge in [-0.2, -0.15) is 5.10 Å². The Balaban J connectivity index is 1.54. The number of carbonyl (C=O) groups excluding carboxylic acids is 2. The molecule has 5 atom stereocenters. The molecular formula is C20H22N6O3. The highest BCUT2D eigenvalue weighted by molar-refractivity contribution is 6.39. The molecule has 0 aliphatic heterocycles. The van der Waals surface area contributed by atoms with Crippen molar-refractivity contribution in [2.75, 3.05) is 5.32 Å². The van der Waals surface area contributed by atoms with Crippen molar-refractivity contribution in [1.82, 2.24) is 19.7 Å². The molecule has 3 aromatic rings. The maximum Gasteiger partial charge on any atom is 0.314 e. The van der Waals surface area contributed by atoms with E-state index in [0.717, 1.165) is 48.7 Å². The molecule has 4 bridgehead atoms. The number of aromatic nitrogens is 4. The van der Waals surface area contributed by atoms with Gasteiger partial charge in [-0.15, -0.1) is 0 Å². The fourth-order valence-electron chi connectivity index (χ4n) is 6.46. The van der Waals surface area contributed by atoms with Crippen molar-refractivity contribution in [2.45, 2.75) is 43.7 Å². The number of amides is 2. The number of anilines is 1. The first-order valence-corrected chi connectivity index (χ1v) is 10.1. The van der Waals surface area contributed by atoms with E-state index in [-0.39, 0.29) is 6.04 Å².